The van der Waals surface area contributed by atoms with Crippen LogP contribution in [-0.2, 0) is 4.57 Å². The first-order valence-electron chi connectivity index (χ1n) is 4.43. The van der Waals surface area contributed by atoms with Crippen molar-refractivity contribution in [3.8, 4) is 0 Å². The van der Waals surface area contributed by atoms with E-state index in [-0.39, 0.29) is 10.5 Å². The molecule has 0 spiro atoms. The average Bonchev–Trinajstić information content (AvgIpc) is 2.25. The molecule has 1 aliphatic heterocycles. The van der Waals surface area contributed by atoms with E-state index in [2.05, 4.69) is 19.2 Å². The summed E-state index contributed by atoms with van der Waals surface area (Å²) in [5.74, 6) is 0.212. The smallest absolute Gasteiger partial charge is 0.258 e. The molecule has 1 saturated heterocycles. The van der Waals surface area contributed by atoms with Crippen molar-refractivity contribution in [2.75, 3.05) is 0 Å². The zero-order valence-corrected chi connectivity index (χ0v) is 10.2. The second-order valence-electron chi connectivity index (χ2n) is 4.26. The topological polar surface area (TPSA) is 49.3 Å². The quantitative estimate of drug-likeness (QED) is 0.703. The zero-order chi connectivity index (χ0) is 10.2. The lowest BCUT2D eigenvalue weighted by molar-refractivity contribution is 0.437. The van der Waals surface area contributed by atoms with Gasteiger partial charge in [0.05, 0.1) is 10.1 Å². The third-order valence-electron chi connectivity index (χ3n) is 2.24. The van der Waals surface area contributed by atoms with Gasteiger partial charge in [-0.3, -0.25) is 5.32 Å². The number of rotatable bonds is 2. The zero-order valence-electron chi connectivity index (χ0n) is 8.44. The Hall–Kier alpha value is 0.370. The minimum Gasteiger partial charge on any atom is -0.258 e. The Morgan fingerprint density at radius 1 is 1.54 bits per heavy atom. The van der Waals surface area contributed by atoms with Gasteiger partial charge in [-0.25, -0.2) is 0 Å². The van der Waals surface area contributed by atoms with E-state index in [0.29, 0.717) is 11.3 Å². The normalized spacial score (nSPS) is 33.8. The highest BCUT2D eigenvalue weighted by Gasteiger charge is 2.52. The number of hydrogen-bond acceptors (Lipinski definition) is 3. The first-order chi connectivity index (χ1) is 5.84. The third-order valence-corrected chi connectivity index (χ3v) is 5.43. The molecule has 2 N–H and O–H groups in total. The summed E-state index contributed by atoms with van der Waals surface area (Å²) in [4.78, 5) is 9.12. The maximum Gasteiger partial charge on any atom is 0.526 e. The van der Waals surface area contributed by atoms with Gasteiger partial charge in [-0.2, -0.15) is 4.89 Å². The lowest BCUT2D eigenvalue weighted by Crippen LogP contribution is -2.36. The fourth-order valence-electron chi connectivity index (χ4n) is 1.44. The Kier molecular flexibility index (Phi) is 3.39. The first kappa shape index (κ1) is 11.4. The molecule has 1 rings (SSSR count). The molecule has 5 heteroatoms. The van der Waals surface area contributed by atoms with Crippen molar-refractivity contribution in [3.05, 3.63) is 0 Å². The summed E-state index contributed by atoms with van der Waals surface area (Å²) >= 11 is 1.76. The highest BCUT2D eigenvalue weighted by molar-refractivity contribution is 8.01. The second-order valence-corrected chi connectivity index (χ2v) is 7.17. The van der Waals surface area contributed by atoms with Crippen LogP contribution in [0.15, 0.2) is 0 Å². The van der Waals surface area contributed by atoms with E-state index < -0.39 is 8.03 Å². The van der Waals surface area contributed by atoms with Crippen molar-refractivity contribution in [1.29, 1.82) is 0 Å². The lowest BCUT2D eigenvalue weighted by atomic mass is 10.2. The third kappa shape index (κ3) is 2.44. The molecule has 0 aliphatic carbocycles. The summed E-state index contributed by atoms with van der Waals surface area (Å²) in [7, 11) is -2.12. The van der Waals surface area contributed by atoms with Crippen LogP contribution < -0.4 is 5.32 Å². The predicted octanol–water partition coefficient (Wildman–Crippen LogP) is 2.14. The van der Waals surface area contributed by atoms with Crippen LogP contribution in [0.3, 0.4) is 0 Å². The molecule has 0 aromatic carbocycles. The molecule has 0 saturated carbocycles. The molecule has 1 fully saturated rings. The summed E-state index contributed by atoms with van der Waals surface area (Å²) in [5.41, 5.74) is 0. The fourth-order valence-corrected chi connectivity index (χ4v) is 4.14. The van der Waals surface area contributed by atoms with Gasteiger partial charge >= 0.3 is 8.03 Å². The van der Waals surface area contributed by atoms with E-state index >= 15 is 0 Å². The largest absolute Gasteiger partial charge is 0.526 e. The van der Waals surface area contributed by atoms with E-state index in [0.717, 1.165) is 0 Å². The van der Waals surface area contributed by atoms with Gasteiger partial charge < -0.3 is 0 Å². The molecular weight excluding hydrogens is 205 g/mol. The van der Waals surface area contributed by atoms with Crippen LogP contribution in [0.2, 0.25) is 0 Å². The van der Waals surface area contributed by atoms with E-state index in [9.17, 15) is 4.57 Å². The minimum absolute atomic E-state index is 0.142. The van der Waals surface area contributed by atoms with Gasteiger partial charge in [-0.05, 0) is 24.3 Å². The molecule has 76 valence electrons. The molecule has 0 amide bonds. The van der Waals surface area contributed by atoms with Gasteiger partial charge in [0.15, 0.2) is 0 Å². The minimum atomic E-state index is -2.12. The van der Waals surface area contributed by atoms with Gasteiger partial charge in [0.1, 0.15) is 0 Å². The van der Waals surface area contributed by atoms with Gasteiger partial charge in [0.25, 0.3) is 5.78 Å². The molecule has 1 heterocycles. The summed E-state index contributed by atoms with van der Waals surface area (Å²) in [6.45, 7) is 8.27. The Morgan fingerprint density at radius 3 is 2.31 bits per heavy atom. The van der Waals surface area contributed by atoms with Crippen molar-refractivity contribution in [3.63, 3.8) is 0 Å². The monoisotopic (exact) mass is 222 g/mol. The van der Waals surface area contributed by atoms with Crippen LogP contribution in [0.1, 0.15) is 27.7 Å². The van der Waals surface area contributed by atoms with Crippen LogP contribution in [0.25, 0.3) is 0 Å². The van der Waals surface area contributed by atoms with Crippen LogP contribution in [0.5, 0.6) is 0 Å². The van der Waals surface area contributed by atoms with Gasteiger partial charge in [-0.1, -0.05) is 13.8 Å². The Labute approximate surface area is 84.5 Å². The molecule has 3 unspecified atom stereocenters. The SMILES string of the molecule is CC(C)C1NC([P+](=O)O)C(C)(C)S1. The number of nitrogens with one attached hydrogen (secondary N) is 1. The molecule has 0 bridgehead atoms. The van der Waals surface area contributed by atoms with Crippen LogP contribution in [-0.4, -0.2) is 20.8 Å². The second kappa shape index (κ2) is 3.85. The first-order valence-corrected chi connectivity index (χ1v) is 6.60. The van der Waals surface area contributed by atoms with Gasteiger partial charge in [-0.15, -0.1) is 11.8 Å². The van der Waals surface area contributed by atoms with Crippen LogP contribution in [0.4, 0.5) is 0 Å². The van der Waals surface area contributed by atoms with Crippen molar-refractivity contribution in [2.24, 2.45) is 5.92 Å². The summed E-state index contributed by atoms with van der Waals surface area (Å²) in [5, 5.41) is 3.51. The number of thioether (sulfide) groups is 1. The Bertz CT molecular complexity index is 220. The van der Waals surface area contributed by atoms with Gasteiger partial charge in [0, 0.05) is 0 Å². The van der Waals surface area contributed by atoms with E-state index in [1.165, 1.54) is 0 Å². The maximum absolute atomic E-state index is 11.1. The van der Waals surface area contributed by atoms with E-state index in [1.54, 1.807) is 11.8 Å². The average molecular weight is 222 g/mol. The molecular formula is C8H17NO2PS+. The van der Waals surface area contributed by atoms with Crippen LogP contribution >= 0.6 is 19.8 Å². The molecule has 3 atom stereocenters. The predicted molar refractivity (Wildman–Crippen MR) is 57.0 cm³/mol. The highest BCUT2D eigenvalue weighted by atomic mass is 32.2. The highest BCUT2D eigenvalue weighted by Crippen LogP contribution is 2.47. The Balaban J connectivity index is 2.74. The Morgan fingerprint density at radius 2 is 2.08 bits per heavy atom. The van der Waals surface area contributed by atoms with E-state index in [4.69, 9.17) is 4.89 Å². The van der Waals surface area contributed by atoms with Crippen molar-refractivity contribution >= 4 is 19.8 Å². The molecule has 0 aromatic rings. The van der Waals surface area contributed by atoms with Crippen LogP contribution in [0, 0.1) is 5.92 Å². The summed E-state index contributed by atoms with van der Waals surface area (Å²) in [6.07, 6.45) is 0. The maximum atomic E-state index is 11.1. The fraction of sp³-hybridized carbons (Fsp3) is 1.00. The molecule has 0 aromatic heterocycles. The van der Waals surface area contributed by atoms with Gasteiger partial charge in [0.2, 0.25) is 0 Å². The molecule has 1 aliphatic rings. The van der Waals surface area contributed by atoms with Crippen molar-refractivity contribution in [1.82, 2.24) is 5.32 Å². The van der Waals surface area contributed by atoms with Crippen molar-refractivity contribution < 1.29 is 9.46 Å². The summed E-state index contributed by atoms with van der Waals surface area (Å²) in [6, 6.07) is 0. The van der Waals surface area contributed by atoms with Crippen molar-refractivity contribution in [2.45, 2.75) is 43.6 Å². The lowest BCUT2D eigenvalue weighted by Gasteiger charge is -2.16. The standard InChI is InChI=1S/C8H16NO2PS/c1-5(2)6-9-7(12(10)11)8(3,4)13-6/h5-7,9H,1-4H3/p+1. The summed E-state index contributed by atoms with van der Waals surface area (Å²) < 4.78 is 10.9. The number of hydrogen-bond donors (Lipinski definition) is 2. The molecule has 3 nitrogen and oxygen atoms in total. The van der Waals surface area contributed by atoms with E-state index in [1.807, 2.05) is 13.8 Å². The molecule has 13 heavy (non-hydrogen) atoms. The molecule has 0 radical (unpaired) electrons.